The Bertz CT molecular complexity index is 460. The van der Waals surface area contributed by atoms with Crippen molar-refractivity contribution in [3.05, 3.63) is 34.5 Å². The highest BCUT2D eigenvalue weighted by Gasteiger charge is 2.06. The van der Waals surface area contributed by atoms with Gasteiger partial charge in [-0.25, -0.2) is 0 Å². The molecule has 14 heavy (non-hydrogen) atoms. The number of anilines is 2. The molecule has 0 saturated heterocycles. The first-order valence-electron chi connectivity index (χ1n) is 4.36. The number of hydrogen-bond acceptors (Lipinski definition) is 3. The van der Waals surface area contributed by atoms with E-state index in [-0.39, 0.29) is 0 Å². The third kappa shape index (κ3) is 1.46. The molecule has 0 aliphatic carbocycles. The molecule has 0 spiro atoms. The number of nitrogen functional groups attached to an aromatic ring is 2. The Morgan fingerprint density at radius 2 is 1.86 bits per heavy atom. The van der Waals surface area contributed by atoms with E-state index in [0.717, 1.165) is 16.9 Å². The number of benzene rings is 1. The summed E-state index contributed by atoms with van der Waals surface area (Å²) in [6.07, 6.45) is 0. The molecule has 0 aliphatic heterocycles. The zero-order valence-corrected chi connectivity index (χ0v) is 8.77. The van der Waals surface area contributed by atoms with Crippen molar-refractivity contribution in [2.45, 2.75) is 6.92 Å². The van der Waals surface area contributed by atoms with Crippen molar-refractivity contribution < 1.29 is 0 Å². The van der Waals surface area contributed by atoms with Crippen LogP contribution in [0.4, 0.5) is 11.4 Å². The van der Waals surface area contributed by atoms with Gasteiger partial charge >= 0.3 is 0 Å². The van der Waals surface area contributed by atoms with Gasteiger partial charge in [0.2, 0.25) is 0 Å². The van der Waals surface area contributed by atoms with E-state index in [2.05, 4.69) is 17.7 Å². The summed E-state index contributed by atoms with van der Waals surface area (Å²) < 4.78 is 0. The predicted molar refractivity (Wildman–Crippen MR) is 63.3 cm³/mol. The zero-order chi connectivity index (χ0) is 10.1. The molecule has 0 saturated carbocycles. The molecule has 0 fully saturated rings. The second-order valence-electron chi connectivity index (χ2n) is 3.32. The first-order valence-corrected chi connectivity index (χ1v) is 5.31. The summed E-state index contributed by atoms with van der Waals surface area (Å²) in [5.41, 5.74) is 16.6. The van der Waals surface area contributed by atoms with Crippen molar-refractivity contribution in [1.82, 2.24) is 0 Å². The Balaban J connectivity index is 2.62. The lowest BCUT2D eigenvalue weighted by molar-refractivity contribution is 1.53. The van der Waals surface area contributed by atoms with E-state index in [1.54, 1.807) is 11.3 Å². The van der Waals surface area contributed by atoms with E-state index in [1.165, 1.54) is 11.1 Å². The van der Waals surface area contributed by atoms with Crippen molar-refractivity contribution in [2.75, 3.05) is 11.5 Å². The molecule has 1 aromatic carbocycles. The number of thiophene rings is 1. The van der Waals surface area contributed by atoms with Crippen LogP contribution in [-0.2, 0) is 0 Å². The Morgan fingerprint density at radius 3 is 2.50 bits per heavy atom. The maximum absolute atomic E-state index is 5.90. The fraction of sp³-hybridized carbons (Fsp3) is 0.0909. The molecule has 1 heterocycles. The minimum Gasteiger partial charge on any atom is -0.399 e. The van der Waals surface area contributed by atoms with Crippen molar-refractivity contribution in [3.8, 4) is 11.1 Å². The van der Waals surface area contributed by atoms with Gasteiger partial charge in [-0.3, -0.25) is 0 Å². The van der Waals surface area contributed by atoms with Gasteiger partial charge in [-0.1, -0.05) is 0 Å². The van der Waals surface area contributed by atoms with Crippen molar-refractivity contribution >= 4 is 22.7 Å². The summed E-state index contributed by atoms with van der Waals surface area (Å²) in [4.78, 5) is 0. The van der Waals surface area contributed by atoms with Gasteiger partial charge in [-0.15, -0.1) is 0 Å². The predicted octanol–water partition coefficient (Wildman–Crippen LogP) is 2.89. The average Bonchev–Trinajstić information content (AvgIpc) is 2.56. The smallest absolute Gasteiger partial charge is 0.0395 e. The van der Waals surface area contributed by atoms with E-state index >= 15 is 0 Å². The normalized spacial score (nSPS) is 10.4. The molecule has 3 heteroatoms. The van der Waals surface area contributed by atoms with Gasteiger partial charge in [0.25, 0.3) is 0 Å². The molecule has 2 rings (SSSR count). The molecule has 0 aliphatic rings. The third-order valence-electron chi connectivity index (χ3n) is 2.22. The average molecular weight is 204 g/mol. The molecule has 72 valence electrons. The van der Waals surface area contributed by atoms with Gasteiger partial charge in [0.05, 0.1) is 0 Å². The summed E-state index contributed by atoms with van der Waals surface area (Å²) in [6, 6.07) is 5.59. The van der Waals surface area contributed by atoms with Crippen LogP contribution in [-0.4, -0.2) is 0 Å². The maximum Gasteiger partial charge on any atom is 0.0395 e. The highest BCUT2D eigenvalue weighted by Crippen LogP contribution is 2.32. The van der Waals surface area contributed by atoms with E-state index in [0.29, 0.717) is 0 Å². The minimum absolute atomic E-state index is 0.750. The van der Waals surface area contributed by atoms with Crippen LogP contribution in [0.25, 0.3) is 11.1 Å². The number of aryl methyl sites for hydroxylation is 1. The minimum atomic E-state index is 0.750. The molecule has 2 aromatic rings. The van der Waals surface area contributed by atoms with Crippen LogP contribution in [0.5, 0.6) is 0 Å². The largest absolute Gasteiger partial charge is 0.399 e. The van der Waals surface area contributed by atoms with Gasteiger partial charge in [-0.2, -0.15) is 11.3 Å². The summed E-state index contributed by atoms with van der Waals surface area (Å²) in [6.45, 7) is 2.08. The quantitative estimate of drug-likeness (QED) is 0.702. The number of hydrogen-bond donors (Lipinski definition) is 2. The third-order valence-corrected chi connectivity index (χ3v) is 3.08. The number of nitrogens with two attached hydrogens (primary N) is 2. The van der Waals surface area contributed by atoms with Gasteiger partial charge in [-0.05, 0) is 47.0 Å². The van der Waals surface area contributed by atoms with Gasteiger partial charge in [0, 0.05) is 16.9 Å². The van der Waals surface area contributed by atoms with Crippen LogP contribution in [0.1, 0.15) is 5.56 Å². The monoisotopic (exact) mass is 204 g/mol. The second-order valence-corrected chi connectivity index (χ2v) is 4.06. The first-order chi connectivity index (χ1) is 6.68. The molecule has 0 radical (unpaired) electrons. The van der Waals surface area contributed by atoms with Crippen molar-refractivity contribution in [2.24, 2.45) is 0 Å². The van der Waals surface area contributed by atoms with E-state index in [4.69, 9.17) is 11.5 Å². The van der Waals surface area contributed by atoms with Gasteiger partial charge in [0.1, 0.15) is 0 Å². The van der Waals surface area contributed by atoms with Crippen molar-refractivity contribution in [3.63, 3.8) is 0 Å². The van der Waals surface area contributed by atoms with Crippen LogP contribution in [0.2, 0.25) is 0 Å². The molecule has 1 aromatic heterocycles. The Morgan fingerprint density at radius 1 is 1.07 bits per heavy atom. The molecular formula is C11H12N2S. The van der Waals surface area contributed by atoms with Crippen LogP contribution in [0, 0.1) is 6.92 Å². The fourth-order valence-electron chi connectivity index (χ4n) is 1.44. The van der Waals surface area contributed by atoms with E-state index in [9.17, 15) is 0 Å². The van der Waals surface area contributed by atoms with E-state index < -0.39 is 0 Å². The van der Waals surface area contributed by atoms with Gasteiger partial charge < -0.3 is 11.5 Å². The van der Waals surface area contributed by atoms with Crippen LogP contribution >= 0.6 is 11.3 Å². The Hall–Kier alpha value is -1.48. The standard InChI is InChI=1S/C11H12N2S/c1-7-5-14-6-10(7)9-4-8(12)2-3-11(9)13/h2-6H,12-13H2,1H3. The van der Waals surface area contributed by atoms with E-state index in [1.807, 2.05) is 18.2 Å². The summed E-state index contributed by atoms with van der Waals surface area (Å²) in [7, 11) is 0. The highest BCUT2D eigenvalue weighted by molar-refractivity contribution is 7.08. The second kappa shape index (κ2) is 3.35. The Kier molecular flexibility index (Phi) is 2.17. The topological polar surface area (TPSA) is 52.0 Å². The summed E-state index contributed by atoms with van der Waals surface area (Å²) in [5, 5.41) is 4.21. The highest BCUT2D eigenvalue weighted by atomic mass is 32.1. The lowest BCUT2D eigenvalue weighted by Gasteiger charge is -2.06. The molecule has 0 atom stereocenters. The van der Waals surface area contributed by atoms with Gasteiger partial charge in [0.15, 0.2) is 0 Å². The lowest BCUT2D eigenvalue weighted by Crippen LogP contribution is -1.92. The Labute approximate surface area is 87.2 Å². The molecule has 0 bridgehead atoms. The molecule has 0 amide bonds. The van der Waals surface area contributed by atoms with Crippen molar-refractivity contribution in [1.29, 1.82) is 0 Å². The van der Waals surface area contributed by atoms with Crippen LogP contribution in [0.15, 0.2) is 29.0 Å². The molecule has 0 unspecified atom stereocenters. The number of rotatable bonds is 1. The fourth-order valence-corrected chi connectivity index (χ4v) is 2.29. The molecular weight excluding hydrogens is 192 g/mol. The van der Waals surface area contributed by atoms with Crippen LogP contribution < -0.4 is 11.5 Å². The molecule has 4 N–H and O–H groups in total. The maximum atomic E-state index is 5.90. The SMILES string of the molecule is Cc1cscc1-c1cc(N)ccc1N. The first kappa shape index (κ1) is 9.09. The lowest BCUT2D eigenvalue weighted by atomic mass is 10.0. The molecule has 2 nitrogen and oxygen atoms in total. The summed E-state index contributed by atoms with van der Waals surface area (Å²) in [5.74, 6) is 0. The van der Waals surface area contributed by atoms with Crippen LogP contribution in [0.3, 0.4) is 0 Å². The zero-order valence-electron chi connectivity index (χ0n) is 7.95. The summed E-state index contributed by atoms with van der Waals surface area (Å²) >= 11 is 1.68.